The molecular formula is C12H15FN2O2S. The molecule has 0 spiro atoms. The molecular weight excluding hydrogens is 255 g/mol. The van der Waals surface area contributed by atoms with Crippen LogP contribution in [0.15, 0.2) is 23.1 Å². The molecule has 0 aliphatic rings. The standard InChI is InChI=1S/C12H15FN2O2S/c1-15(2)11(16)5-6-14-12(17)8-3-4-9(13)10(18)7-8/h3-4,7,18H,5-6H2,1-2H3,(H,14,17). The molecule has 0 heterocycles. The molecule has 1 aromatic rings. The molecule has 98 valence electrons. The van der Waals surface area contributed by atoms with Crippen LogP contribution in [0.4, 0.5) is 4.39 Å². The van der Waals surface area contributed by atoms with E-state index in [1.807, 2.05) is 0 Å². The molecule has 0 radical (unpaired) electrons. The van der Waals surface area contributed by atoms with Crippen LogP contribution in [0, 0.1) is 5.82 Å². The maximum Gasteiger partial charge on any atom is 0.251 e. The van der Waals surface area contributed by atoms with Crippen molar-refractivity contribution < 1.29 is 14.0 Å². The fourth-order valence-electron chi connectivity index (χ4n) is 1.26. The SMILES string of the molecule is CN(C)C(=O)CCNC(=O)c1ccc(F)c(S)c1. The van der Waals surface area contributed by atoms with Crippen molar-refractivity contribution in [3.8, 4) is 0 Å². The van der Waals surface area contributed by atoms with Crippen molar-refractivity contribution >= 4 is 24.4 Å². The maximum absolute atomic E-state index is 13.0. The van der Waals surface area contributed by atoms with Gasteiger partial charge in [0, 0.05) is 37.5 Å². The minimum absolute atomic E-state index is 0.0655. The summed E-state index contributed by atoms with van der Waals surface area (Å²) in [5, 5.41) is 2.59. The molecule has 2 amide bonds. The van der Waals surface area contributed by atoms with E-state index in [1.54, 1.807) is 14.1 Å². The minimum atomic E-state index is -0.474. The average molecular weight is 270 g/mol. The van der Waals surface area contributed by atoms with E-state index in [0.717, 1.165) is 0 Å². The third kappa shape index (κ3) is 4.03. The number of carbonyl (C=O) groups excluding carboxylic acids is 2. The molecule has 0 unspecified atom stereocenters. The van der Waals surface area contributed by atoms with Crippen LogP contribution in [0.3, 0.4) is 0 Å². The Morgan fingerprint density at radius 1 is 1.39 bits per heavy atom. The van der Waals surface area contributed by atoms with Crippen molar-refractivity contribution in [2.75, 3.05) is 20.6 Å². The Labute approximate surface area is 111 Å². The van der Waals surface area contributed by atoms with Gasteiger partial charge in [-0.2, -0.15) is 0 Å². The molecule has 0 atom stereocenters. The number of hydrogen-bond acceptors (Lipinski definition) is 3. The summed E-state index contributed by atoms with van der Waals surface area (Å²) in [6.45, 7) is 0.245. The summed E-state index contributed by atoms with van der Waals surface area (Å²) in [5.41, 5.74) is 0.318. The van der Waals surface area contributed by atoms with E-state index in [0.29, 0.717) is 5.56 Å². The van der Waals surface area contributed by atoms with Gasteiger partial charge in [0.1, 0.15) is 5.82 Å². The lowest BCUT2D eigenvalue weighted by atomic mass is 10.2. The normalized spacial score (nSPS) is 10.0. The Morgan fingerprint density at radius 3 is 2.61 bits per heavy atom. The van der Waals surface area contributed by atoms with Gasteiger partial charge in [-0.1, -0.05) is 0 Å². The van der Waals surface area contributed by atoms with Gasteiger partial charge < -0.3 is 10.2 Å². The average Bonchev–Trinajstić information content (AvgIpc) is 2.32. The quantitative estimate of drug-likeness (QED) is 0.811. The van der Waals surface area contributed by atoms with Gasteiger partial charge in [-0.05, 0) is 18.2 Å². The zero-order chi connectivity index (χ0) is 13.7. The highest BCUT2D eigenvalue weighted by Gasteiger charge is 2.09. The first-order valence-electron chi connectivity index (χ1n) is 5.38. The second-order valence-electron chi connectivity index (χ2n) is 3.96. The predicted molar refractivity (Wildman–Crippen MR) is 69.3 cm³/mol. The molecule has 18 heavy (non-hydrogen) atoms. The summed E-state index contributed by atoms with van der Waals surface area (Å²) < 4.78 is 13.0. The first-order valence-corrected chi connectivity index (χ1v) is 5.83. The Hall–Kier alpha value is -1.56. The van der Waals surface area contributed by atoms with Crippen molar-refractivity contribution in [1.29, 1.82) is 0 Å². The van der Waals surface area contributed by atoms with E-state index in [1.165, 1.54) is 23.1 Å². The van der Waals surface area contributed by atoms with E-state index in [2.05, 4.69) is 17.9 Å². The van der Waals surface area contributed by atoms with Crippen molar-refractivity contribution in [3.63, 3.8) is 0 Å². The molecule has 0 saturated carbocycles. The van der Waals surface area contributed by atoms with Crippen LogP contribution < -0.4 is 5.32 Å². The Bertz CT molecular complexity index is 463. The largest absolute Gasteiger partial charge is 0.352 e. The first-order chi connectivity index (χ1) is 8.41. The first kappa shape index (κ1) is 14.5. The molecule has 0 aliphatic carbocycles. The Morgan fingerprint density at radius 2 is 2.06 bits per heavy atom. The molecule has 1 N–H and O–H groups in total. The number of carbonyl (C=O) groups is 2. The van der Waals surface area contributed by atoms with Gasteiger partial charge in [0.05, 0.1) is 0 Å². The van der Waals surface area contributed by atoms with E-state index in [4.69, 9.17) is 0 Å². The summed E-state index contributed by atoms with van der Waals surface area (Å²) in [6, 6.07) is 3.90. The summed E-state index contributed by atoms with van der Waals surface area (Å²) in [5.74, 6) is -0.890. The van der Waals surface area contributed by atoms with E-state index in [-0.39, 0.29) is 29.7 Å². The zero-order valence-corrected chi connectivity index (χ0v) is 11.1. The van der Waals surface area contributed by atoms with Gasteiger partial charge in [-0.25, -0.2) is 4.39 Å². The number of halogens is 1. The molecule has 0 fully saturated rings. The lowest BCUT2D eigenvalue weighted by molar-refractivity contribution is -0.128. The topological polar surface area (TPSA) is 49.4 Å². The van der Waals surface area contributed by atoms with Gasteiger partial charge in [-0.3, -0.25) is 9.59 Å². The number of rotatable bonds is 4. The van der Waals surface area contributed by atoms with Gasteiger partial charge in [0.25, 0.3) is 5.91 Å². The Balaban J connectivity index is 2.50. The molecule has 0 aliphatic heterocycles. The fraction of sp³-hybridized carbons (Fsp3) is 0.333. The maximum atomic E-state index is 13.0. The van der Waals surface area contributed by atoms with Crippen LogP contribution in [0.5, 0.6) is 0 Å². The van der Waals surface area contributed by atoms with Crippen molar-refractivity contribution in [1.82, 2.24) is 10.2 Å². The van der Waals surface area contributed by atoms with E-state index in [9.17, 15) is 14.0 Å². The van der Waals surface area contributed by atoms with Gasteiger partial charge >= 0.3 is 0 Å². The third-order valence-electron chi connectivity index (χ3n) is 2.33. The van der Waals surface area contributed by atoms with Crippen LogP contribution in [0.25, 0.3) is 0 Å². The predicted octanol–water partition coefficient (Wildman–Crippen LogP) is 1.32. The van der Waals surface area contributed by atoms with Crippen molar-refractivity contribution in [3.05, 3.63) is 29.6 Å². The van der Waals surface area contributed by atoms with E-state index >= 15 is 0 Å². The number of hydrogen-bond donors (Lipinski definition) is 2. The van der Waals surface area contributed by atoms with Crippen LogP contribution in [-0.4, -0.2) is 37.4 Å². The summed E-state index contributed by atoms with van der Waals surface area (Å²) in [6.07, 6.45) is 0.230. The van der Waals surface area contributed by atoms with Gasteiger partial charge in [-0.15, -0.1) is 12.6 Å². The molecule has 1 aromatic carbocycles. The van der Waals surface area contributed by atoms with Gasteiger partial charge in [0.2, 0.25) is 5.91 Å². The number of amides is 2. The monoisotopic (exact) mass is 270 g/mol. The second kappa shape index (κ2) is 6.39. The molecule has 4 nitrogen and oxygen atoms in total. The lowest BCUT2D eigenvalue weighted by Gasteiger charge is -2.10. The van der Waals surface area contributed by atoms with Crippen LogP contribution in [0.1, 0.15) is 16.8 Å². The van der Waals surface area contributed by atoms with Crippen LogP contribution in [0.2, 0.25) is 0 Å². The molecule has 6 heteroatoms. The van der Waals surface area contributed by atoms with E-state index < -0.39 is 5.82 Å². The van der Waals surface area contributed by atoms with Crippen LogP contribution >= 0.6 is 12.6 Å². The highest BCUT2D eigenvalue weighted by molar-refractivity contribution is 7.80. The number of nitrogens with one attached hydrogen (secondary N) is 1. The molecule has 0 saturated heterocycles. The highest BCUT2D eigenvalue weighted by atomic mass is 32.1. The minimum Gasteiger partial charge on any atom is -0.352 e. The fourth-order valence-corrected chi connectivity index (χ4v) is 1.48. The molecule has 0 aromatic heterocycles. The smallest absolute Gasteiger partial charge is 0.251 e. The highest BCUT2D eigenvalue weighted by Crippen LogP contribution is 2.13. The molecule has 0 bridgehead atoms. The van der Waals surface area contributed by atoms with Crippen LogP contribution in [-0.2, 0) is 4.79 Å². The summed E-state index contributed by atoms with van der Waals surface area (Å²) >= 11 is 3.90. The van der Waals surface area contributed by atoms with Crippen molar-refractivity contribution in [2.45, 2.75) is 11.3 Å². The number of benzene rings is 1. The van der Waals surface area contributed by atoms with Gasteiger partial charge in [0.15, 0.2) is 0 Å². The number of nitrogens with zero attached hydrogens (tertiary/aromatic N) is 1. The molecule has 1 rings (SSSR count). The third-order valence-corrected chi connectivity index (χ3v) is 2.67. The number of thiol groups is 1. The Kier molecular flexibility index (Phi) is 5.15. The summed E-state index contributed by atoms with van der Waals surface area (Å²) in [7, 11) is 3.30. The lowest BCUT2D eigenvalue weighted by Crippen LogP contribution is -2.30. The zero-order valence-electron chi connectivity index (χ0n) is 10.2. The second-order valence-corrected chi connectivity index (χ2v) is 4.44. The summed E-state index contributed by atoms with van der Waals surface area (Å²) in [4.78, 5) is 24.5. The van der Waals surface area contributed by atoms with Crippen molar-refractivity contribution in [2.24, 2.45) is 0 Å².